The summed E-state index contributed by atoms with van der Waals surface area (Å²) in [4.78, 5) is 12.2. The Hall–Kier alpha value is -1.02. The topological polar surface area (TPSA) is 144 Å². The first kappa shape index (κ1) is 32.9. The van der Waals surface area contributed by atoms with E-state index in [9.17, 15) is 50.6 Å². The predicted molar refractivity (Wildman–Crippen MR) is 138 cm³/mol. The molecular weight excluding hydrogens is 572 g/mol. The highest BCUT2D eigenvalue weighted by molar-refractivity contribution is 7.86. The molecule has 0 aromatic heterocycles. The first-order valence-electron chi connectivity index (χ1n) is 14.7. The van der Waals surface area contributed by atoms with Gasteiger partial charge >= 0.3 is 17.1 Å². The zero-order valence-corrected chi connectivity index (χ0v) is 24.6. The van der Waals surface area contributed by atoms with E-state index < -0.39 is 57.9 Å². The third-order valence-electron chi connectivity index (χ3n) is 11.7. The SMILES string of the molecule is C[C@H](CCC(=O)OCCC(F)(F)C(F)(F)S(=O)(=O)[O-])[C@H]1CC[C@H]2[C@@H]3C(O)CC4CC(O)CC[C@]4(C)[C@H]3CC(O)[C@]12C. The minimum atomic E-state index is -6.60. The van der Waals surface area contributed by atoms with Gasteiger partial charge in [0.05, 0.1) is 31.3 Å². The fourth-order valence-corrected chi connectivity index (χ4v) is 9.84. The molecule has 4 rings (SSSR count). The summed E-state index contributed by atoms with van der Waals surface area (Å²) in [5.74, 6) is -5.70. The van der Waals surface area contributed by atoms with E-state index in [-0.39, 0.29) is 53.4 Å². The first-order valence-corrected chi connectivity index (χ1v) is 16.1. The van der Waals surface area contributed by atoms with E-state index in [1.807, 2.05) is 6.92 Å². The molecule has 0 aromatic carbocycles. The van der Waals surface area contributed by atoms with Crippen LogP contribution in [0, 0.1) is 46.3 Å². The van der Waals surface area contributed by atoms with Crippen molar-refractivity contribution in [1.82, 2.24) is 0 Å². The first-order chi connectivity index (χ1) is 18.8. The van der Waals surface area contributed by atoms with E-state index in [4.69, 9.17) is 0 Å². The molecule has 238 valence electrons. The lowest BCUT2D eigenvalue weighted by Crippen LogP contribution is -2.62. The van der Waals surface area contributed by atoms with Crippen LogP contribution in [0.1, 0.15) is 85.0 Å². The lowest BCUT2D eigenvalue weighted by molar-refractivity contribution is -0.207. The van der Waals surface area contributed by atoms with Crippen LogP contribution in [0.15, 0.2) is 0 Å². The van der Waals surface area contributed by atoms with Crippen LogP contribution in [-0.2, 0) is 19.6 Å². The molecule has 41 heavy (non-hydrogen) atoms. The Kier molecular flexibility index (Phi) is 8.95. The maximum absolute atomic E-state index is 13.6. The van der Waals surface area contributed by atoms with Gasteiger partial charge < -0.3 is 24.6 Å². The lowest BCUT2D eigenvalue weighted by atomic mass is 9.43. The molecule has 0 aliphatic heterocycles. The summed E-state index contributed by atoms with van der Waals surface area (Å²) in [7, 11) is -6.60. The van der Waals surface area contributed by atoms with Crippen LogP contribution in [-0.4, -0.2) is 70.4 Å². The van der Waals surface area contributed by atoms with Gasteiger partial charge in [-0.05, 0) is 97.7 Å². The fourth-order valence-electron chi connectivity index (χ4n) is 9.37. The van der Waals surface area contributed by atoms with Crippen molar-refractivity contribution in [2.75, 3.05) is 6.61 Å². The van der Waals surface area contributed by atoms with Crippen LogP contribution in [0.5, 0.6) is 0 Å². The van der Waals surface area contributed by atoms with Gasteiger partial charge in [-0.25, -0.2) is 8.42 Å². The smallest absolute Gasteiger partial charge is 0.396 e. The summed E-state index contributed by atoms with van der Waals surface area (Å²) in [5.41, 5.74) is -0.558. The number of fused-ring (bicyclic) bond motifs is 5. The molecular formula is C28H43F4O8S-. The molecule has 0 amide bonds. The molecule has 4 saturated carbocycles. The zero-order chi connectivity index (χ0) is 30.8. The Morgan fingerprint density at radius 3 is 2.34 bits per heavy atom. The number of hydrogen-bond donors (Lipinski definition) is 3. The number of hydrogen-bond acceptors (Lipinski definition) is 8. The number of ether oxygens (including phenoxy) is 1. The van der Waals surface area contributed by atoms with E-state index in [0.29, 0.717) is 25.7 Å². The third kappa shape index (κ3) is 5.55. The second-order valence-electron chi connectivity index (χ2n) is 13.7. The summed E-state index contributed by atoms with van der Waals surface area (Å²) < 4.78 is 89.9. The average molecular weight is 616 g/mol. The van der Waals surface area contributed by atoms with Crippen molar-refractivity contribution < 1.29 is 55.4 Å². The molecule has 0 spiro atoms. The molecule has 3 N–H and O–H groups in total. The maximum atomic E-state index is 13.6. The van der Waals surface area contributed by atoms with Crippen molar-refractivity contribution in [3.05, 3.63) is 0 Å². The van der Waals surface area contributed by atoms with Gasteiger partial charge in [0, 0.05) is 6.42 Å². The number of rotatable bonds is 9. The van der Waals surface area contributed by atoms with E-state index in [1.165, 1.54) is 0 Å². The summed E-state index contributed by atoms with van der Waals surface area (Å²) in [6, 6.07) is 0. The Morgan fingerprint density at radius 1 is 1.05 bits per heavy atom. The van der Waals surface area contributed by atoms with Gasteiger partial charge in [0.2, 0.25) is 0 Å². The van der Waals surface area contributed by atoms with Crippen molar-refractivity contribution in [1.29, 1.82) is 0 Å². The van der Waals surface area contributed by atoms with Crippen molar-refractivity contribution in [2.45, 2.75) is 114 Å². The van der Waals surface area contributed by atoms with Crippen molar-refractivity contribution in [3.8, 4) is 0 Å². The zero-order valence-electron chi connectivity index (χ0n) is 23.8. The molecule has 4 unspecified atom stereocenters. The molecule has 0 aromatic rings. The number of carbonyl (C=O) groups is 1. The molecule has 8 nitrogen and oxygen atoms in total. The summed E-state index contributed by atoms with van der Waals surface area (Å²) in [6.45, 7) is 5.07. The van der Waals surface area contributed by atoms with E-state index in [0.717, 1.165) is 25.7 Å². The fraction of sp³-hybridized carbons (Fsp3) is 0.964. The quantitative estimate of drug-likeness (QED) is 0.200. The second kappa shape index (κ2) is 11.2. The molecule has 0 bridgehead atoms. The van der Waals surface area contributed by atoms with Gasteiger partial charge in [0.1, 0.15) is 0 Å². The van der Waals surface area contributed by atoms with E-state index in [1.54, 1.807) is 0 Å². The summed E-state index contributed by atoms with van der Waals surface area (Å²) in [6.07, 6.45) is 1.84. The highest BCUT2D eigenvalue weighted by atomic mass is 32.2. The number of carbonyl (C=O) groups excluding carboxylic acids is 1. The molecule has 4 fully saturated rings. The minimum Gasteiger partial charge on any atom is -0.743 e. The van der Waals surface area contributed by atoms with Gasteiger partial charge in [0.15, 0.2) is 10.1 Å². The van der Waals surface area contributed by atoms with E-state index in [2.05, 4.69) is 18.6 Å². The minimum absolute atomic E-state index is 0.0208. The third-order valence-corrected chi connectivity index (χ3v) is 12.7. The van der Waals surface area contributed by atoms with Crippen molar-refractivity contribution in [2.24, 2.45) is 46.3 Å². The van der Waals surface area contributed by atoms with Gasteiger partial charge in [-0.2, -0.15) is 17.6 Å². The van der Waals surface area contributed by atoms with Gasteiger partial charge in [-0.1, -0.05) is 20.8 Å². The number of esters is 1. The number of halogens is 4. The van der Waals surface area contributed by atoms with Gasteiger partial charge in [-0.3, -0.25) is 4.79 Å². The van der Waals surface area contributed by atoms with E-state index >= 15 is 0 Å². The molecule has 13 heteroatoms. The van der Waals surface area contributed by atoms with Crippen LogP contribution in [0.25, 0.3) is 0 Å². The molecule has 0 radical (unpaired) electrons. The van der Waals surface area contributed by atoms with Crippen LogP contribution >= 0.6 is 0 Å². The highest BCUT2D eigenvalue weighted by Crippen LogP contribution is 2.68. The lowest BCUT2D eigenvalue weighted by Gasteiger charge is -2.63. The molecule has 4 aliphatic rings. The van der Waals surface area contributed by atoms with Gasteiger partial charge in [-0.15, -0.1) is 0 Å². The monoisotopic (exact) mass is 615 g/mol. The largest absolute Gasteiger partial charge is 0.743 e. The van der Waals surface area contributed by atoms with Crippen LogP contribution < -0.4 is 0 Å². The normalized spacial score (nSPS) is 42.1. The van der Waals surface area contributed by atoms with Crippen LogP contribution in [0.3, 0.4) is 0 Å². The summed E-state index contributed by atoms with van der Waals surface area (Å²) >= 11 is 0. The summed E-state index contributed by atoms with van der Waals surface area (Å²) in [5, 5.41) is 27.4. The predicted octanol–water partition coefficient (Wildman–Crippen LogP) is 4.07. The number of aliphatic hydroxyl groups is 3. The molecule has 4 aliphatic carbocycles. The number of alkyl halides is 4. The molecule has 11 atom stereocenters. The van der Waals surface area contributed by atoms with Crippen molar-refractivity contribution >= 4 is 16.1 Å². The van der Waals surface area contributed by atoms with Crippen molar-refractivity contribution in [3.63, 3.8) is 0 Å². The Bertz CT molecular complexity index is 1090. The number of aliphatic hydroxyl groups excluding tert-OH is 3. The molecule has 0 heterocycles. The maximum Gasteiger partial charge on any atom is 0.396 e. The van der Waals surface area contributed by atoms with Crippen LogP contribution in [0.2, 0.25) is 0 Å². The van der Waals surface area contributed by atoms with Gasteiger partial charge in [0.25, 0.3) is 0 Å². The Morgan fingerprint density at radius 2 is 1.71 bits per heavy atom. The Labute approximate surface area is 239 Å². The van der Waals surface area contributed by atoms with Crippen LogP contribution in [0.4, 0.5) is 17.6 Å². The second-order valence-corrected chi connectivity index (χ2v) is 15.1. The highest BCUT2D eigenvalue weighted by Gasteiger charge is 2.66. The standard InChI is InChI=1S/C28H44F4O8S/c1-15(4-7-23(36)40-11-10-27(29,30)28(31,32)41(37,38)39)18-5-6-19-24-20(14-22(35)26(18,19)3)25(2)9-8-17(33)12-16(25)13-21(24)34/h15-22,24,33-35H,4-14H2,1-3H3,(H,37,38,39)/p-1/t15-,16?,17?,18-,19+,20+,21?,22?,24+,25+,26-/m1/s1. The molecule has 0 saturated heterocycles. The Balaban J connectivity index is 1.36. The average Bonchev–Trinajstić information content (AvgIpc) is 3.22.